The molecule has 1 atom stereocenters. The Labute approximate surface area is 145 Å². The van der Waals surface area contributed by atoms with Gasteiger partial charge < -0.3 is 20.3 Å². The number of ether oxygens (including phenoxy) is 1. The summed E-state index contributed by atoms with van der Waals surface area (Å²) in [6.45, 7) is 3.47. The molecule has 1 saturated heterocycles. The molecule has 1 aliphatic heterocycles. The Hall–Kier alpha value is -2.87. The van der Waals surface area contributed by atoms with Gasteiger partial charge in [0, 0.05) is 38.4 Å². The topological polar surface area (TPSA) is 99.3 Å². The first kappa shape index (κ1) is 17.0. The van der Waals surface area contributed by atoms with Crippen molar-refractivity contribution in [2.24, 2.45) is 0 Å². The van der Waals surface area contributed by atoms with Crippen LogP contribution in [0.4, 0.5) is 10.5 Å². The van der Waals surface area contributed by atoms with Crippen molar-refractivity contribution < 1.29 is 14.3 Å². The molecule has 1 aromatic heterocycles. The molecule has 0 saturated carbocycles. The summed E-state index contributed by atoms with van der Waals surface area (Å²) < 4.78 is 5.57. The smallest absolute Gasteiger partial charge is 0.319 e. The number of hydrogen-bond acceptors (Lipinski definition) is 4. The van der Waals surface area contributed by atoms with Crippen LogP contribution in [0.15, 0.2) is 36.5 Å². The van der Waals surface area contributed by atoms with Gasteiger partial charge in [-0.05, 0) is 23.8 Å². The van der Waals surface area contributed by atoms with Crippen LogP contribution in [-0.2, 0) is 9.53 Å². The monoisotopic (exact) mass is 343 g/mol. The fourth-order valence-electron chi connectivity index (χ4n) is 2.66. The molecule has 8 heteroatoms. The molecule has 2 aromatic rings. The van der Waals surface area contributed by atoms with Gasteiger partial charge in [0.15, 0.2) is 0 Å². The van der Waals surface area contributed by atoms with Crippen molar-refractivity contribution in [2.45, 2.75) is 13.0 Å². The minimum Gasteiger partial charge on any atom is -0.373 e. The van der Waals surface area contributed by atoms with Gasteiger partial charge in [-0.3, -0.25) is 9.89 Å². The second kappa shape index (κ2) is 7.80. The van der Waals surface area contributed by atoms with Crippen LogP contribution in [0, 0.1) is 0 Å². The molecule has 1 aliphatic rings. The molecule has 0 spiro atoms. The van der Waals surface area contributed by atoms with Gasteiger partial charge in [0.2, 0.25) is 5.91 Å². The highest BCUT2D eigenvalue weighted by Gasteiger charge is 2.22. The van der Waals surface area contributed by atoms with Gasteiger partial charge in [-0.2, -0.15) is 5.10 Å². The van der Waals surface area contributed by atoms with Gasteiger partial charge in [0.1, 0.15) is 0 Å². The fourth-order valence-corrected chi connectivity index (χ4v) is 2.66. The van der Waals surface area contributed by atoms with Gasteiger partial charge in [-0.1, -0.05) is 12.1 Å². The molecule has 2 heterocycles. The lowest BCUT2D eigenvalue weighted by Crippen LogP contribution is -2.49. The number of hydrogen-bond donors (Lipinski definition) is 3. The molecular weight excluding hydrogens is 322 g/mol. The van der Waals surface area contributed by atoms with Gasteiger partial charge in [-0.15, -0.1) is 0 Å². The molecule has 1 fully saturated rings. The summed E-state index contributed by atoms with van der Waals surface area (Å²) in [5, 5.41) is 12.4. The predicted molar refractivity (Wildman–Crippen MR) is 93.0 cm³/mol. The third kappa shape index (κ3) is 4.57. The van der Waals surface area contributed by atoms with Crippen LogP contribution in [0.5, 0.6) is 0 Å². The molecule has 0 aliphatic carbocycles. The third-order valence-electron chi connectivity index (χ3n) is 4.03. The summed E-state index contributed by atoms with van der Waals surface area (Å²) in [5.41, 5.74) is 2.60. The normalized spacial score (nSPS) is 17.2. The number of carbonyl (C=O) groups is 2. The van der Waals surface area contributed by atoms with E-state index in [9.17, 15) is 9.59 Å². The Bertz CT molecular complexity index is 714. The van der Waals surface area contributed by atoms with Crippen molar-refractivity contribution >= 4 is 17.6 Å². The fraction of sp³-hybridized carbons (Fsp3) is 0.353. The maximum absolute atomic E-state index is 12.0. The number of nitrogens with one attached hydrogen (secondary N) is 3. The van der Waals surface area contributed by atoms with Crippen molar-refractivity contribution in [2.75, 3.05) is 31.6 Å². The zero-order valence-electron chi connectivity index (χ0n) is 14.0. The molecule has 3 rings (SSSR count). The largest absolute Gasteiger partial charge is 0.373 e. The Balaban J connectivity index is 1.47. The van der Waals surface area contributed by atoms with E-state index in [4.69, 9.17) is 4.74 Å². The van der Waals surface area contributed by atoms with E-state index in [0.29, 0.717) is 31.9 Å². The molecule has 0 unspecified atom stereocenters. The van der Waals surface area contributed by atoms with Gasteiger partial charge in [0.05, 0.1) is 18.4 Å². The maximum atomic E-state index is 12.0. The number of anilines is 1. The van der Waals surface area contributed by atoms with Gasteiger partial charge >= 0.3 is 6.03 Å². The zero-order valence-corrected chi connectivity index (χ0v) is 14.0. The van der Waals surface area contributed by atoms with Crippen LogP contribution in [-0.4, -0.2) is 59.4 Å². The van der Waals surface area contributed by atoms with E-state index in [0.717, 1.165) is 11.3 Å². The van der Waals surface area contributed by atoms with E-state index in [1.165, 1.54) is 6.92 Å². The summed E-state index contributed by atoms with van der Waals surface area (Å²) in [4.78, 5) is 25.1. The number of amides is 3. The quantitative estimate of drug-likeness (QED) is 0.782. The van der Waals surface area contributed by atoms with E-state index < -0.39 is 0 Å². The molecule has 8 nitrogen and oxygen atoms in total. The number of aromatic nitrogens is 2. The zero-order chi connectivity index (χ0) is 17.6. The summed E-state index contributed by atoms with van der Waals surface area (Å²) in [6, 6.07) is 9.02. The molecule has 3 N–H and O–H groups in total. The number of carbonyl (C=O) groups excluding carboxylic acids is 2. The number of aromatic amines is 1. The summed E-state index contributed by atoms with van der Waals surface area (Å²) in [5.74, 6) is 0.0232. The second-order valence-electron chi connectivity index (χ2n) is 5.84. The molecule has 3 amide bonds. The number of H-pyrrole nitrogens is 1. The van der Waals surface area contributed by atoms with Gasteiger partial charge in [0.25, 0.3) is 0 Å². The first-order valence-corrected chi connectivity index (χ1v) is 8.13. The highest BCUT2D eigenvalue weighted by atomic mass is 16.5. The Morgan fingerprint density at radius 2 is 2.12 bits per heavy atom. The molecule has 25 heavy (non-hydrogen) atoms. The Morgan fingerprint density at radius 3 is 2.80 bits per heavy atom. The summed E-state index contributed by atoms with van der Waals surface area (Å²) in [6.07, 6.45) is 1.50. The van der Waals surface area contributed by atoms with Crippen molar-refractivity contribution in [3.8, 4) is 11.3 Å². The average Bonchev–Trinajstić information content (AvgIpc) is 3.15. The van der Waals surface area contributed by atoms with E-state index >= 15 is 0 Å². The van der Waals surface area contributed by atoms with E-state index in [1.807, 2.05) is 30.3 Å². The summed E-state index contributed by atoms with van der Waals surface area (Å²) >= 11 is 0. The summed E-state index contributed by atoms with van der Waals surface area (Å²) in [7, 11) is 0. The minimum atomic E-state index is -0.308. The van der Waals surface area contributed by atoms with Crippen LogP contribution in [0.25, 0.3) is 11.3 Å². The lowest BCUT2D eigenvalue weighted by atomic mass is 10.1. The molecule has 0 bridgehead atoms. The van der Waals surface area contributed by atoms with E-state index in [-0.39, 0.29) is 18.0 Å². The number of morpholine rings is 1. The number of rotatable bonds is 4. The van der Waals surface area contributed by atoms with Crippen LogP contribution in [0.3, 0.4) is 0 Å². The number of urea groups is 1. The second-order valence-corrected chi connectivity index (χ2v) is 5.84. The lowest BCUT2D eigenvalue weighted by Gasteiger charge is -2.32. The Morgan fingerprint density at radius 1 is 1.32 bits per heavy atom. The highest BCUT2D eigenvalue weighted by Crippen LogP contribution is 2.18. The van der Waals surface area contributed by atoms with Crippen molar-refractivity contribution in [3.05, 3.63) is 36.5 Å². The lowest BCUT2D eigenvalue weighted by molar-refractivity contribution is -0.136. The molecule has 0 radical (unpaired) electrons. The van der Waals surface area contributed by atoms with Crippen LogP contribution >= 0.6 is 0 Å². The number of nitrogens with zero attached hydrogens (tertiary/aromatic N) is 2. The standard InChI is InChI=1S/C17H21N5O3/c1-12(23)22-8-9-25-15(11-22)10-18-17(24)20-14-4-2-13(3-5-14)16-6-7-19-21-16/h2-7,15H,8-11H2,1H3,(H,19,21)(H2,18,20,24)/t15-/m1/s1. The van der Waals surface area contributed by atoms with Gasteiger partial charge in [-0.25, -0.2) is 4.79 Å². The van der Waals surface area contributed by atoms with Crippen LogP contribution in [0.1, 0.15) is 6.92 Å². The van der Waals surface area contributed by atoms with Crippen molar-refractivity contribution in [3.63, 3.8) is 0 Å². The molecule has 1 aromatic carbocycles. The SMILES string of the molecule is CC(=O)N1CCO[C@H](CNC(=O)Nc2ccc(-c3ccn[nH]3)cc2)C1. The number of benzene rings is 1. The van der Waals surface area contributed by atoms with Crippen molar-refractivity contribution in [1.29, 1.82) is 0 Å². The first-order chi connectivity index (χ1) is 12.1. The third-order valence-corrected chi connectivity index (χ3v) is 4.03. The average molecular weight is 343 g/mol. The Kier molecular flexibility index (Phi) is 5.30. The van der Waals surface area contributed by atoms with Crippen LogP contribution in [0.2, 0.25) is 0 Å². The highest BCUT2D eigenvalue weighted by molar-refractivity contribution is 5.89. The maximum Gasteiger partial charge on any atom is 0.319 e. The molecular formula is C17H21N5O3. The van der Waals surface area contributed by atoms with Crippen LogP contribution < -0.4 is 10.6 Å². The van der Waals surface area contributed by atoms with E-state index in [2.05, 4.69) is 20.8 Å². The first-order valence-electron chi connectivity index (χ1n) is 8.13. The predicted octanol–water partition coefficient (Wildman–Crippen LogP) is 1.45. The van der Waals surface area contributed by atoms with Crippen molar-refractivity contribution in [1.82, 2.24) is 20.4 Å². The molecule has 132 valence electrons. The minimum absolute atomic E-state index is 0.0232. The van der Waals surface area contributed by atoms with E-state index in [1.54, 1.807) is 11.1 Å².